The van der Waals surface area contributed by atoms with Crippen LogP contribution in [-0.4, -0.2) is 46.8 Å². The molecule has 1 unspecified atom stereocenters. The lowest BCUT2D eigenvalue weighted by Gasteiger charge is -2.27. The summed E-state index contributed by atoms with van der Waals surface area (Å²) in [6, 6.07) is -1.49. The van der Waals surface area contributed by atoms with Crippen molar-refractivity contribution in [3.63, 3.8) is 0 Å². The molecule has 0 radical (unpaired) electrons. The molecular formula is C10H11F4NO3. The van der Waals surface area contributed by atoms with Crippen molar-refractivity contribution in [1.29, 1.82) is 0 Å². The Morgan fingerprint density at radius 1 is 1.28 bits per heavy atom. The van der Waals surface area contributed by atoms with Crippen molar-refractivity contribution in [2.75, 3.05) is 6.54 Å². The summed E-state index contributed by atoms with van der Waals surface area (Å²) in [5.41, 5.74) is -2.48. The normalized spacial score (nSPS) is 30.3. The van der Waals surface area contributed by atoms with E-state index in [4.69, 9.17) is 5.11 Å². The van der Waals surface area contributed by atoms with E-state index >= 15 is 0 Å². The van der Waals surface area contributed by atoms with Crippen molar-refractivity contribution in [3.8, 4) is 0 Å². The van der Waals surface area contributed by atoms with Crippen LogP contribution in [0.4, 0.5) is 17.6 Å². The molecule has 0 spiro atoms. The summed E-state index contributed by atoms with van der Waals surface area (Å²) in [6.07, 6.45) is -7.44. The van der Waals surface area contributed by atoms with Gasteiger partial charge < -0.3 is 10.0 Å². The molecule has 4 nitrogen and oxygen atoms in total. The molecule has 0 aromatic carbocycles. The van der Waals surface area contributed by atoms with Gasteiger partial charge in [0.2, 0.25) is 5.91 Å². The molecule has 1 saturated heterocycles. The number of alkyl halides is 4. The fraction of sp³-hybridized carbons (Fsp3) is 0.800. The van der Waals surface area contributed by atoms with Gasteiger partial charge in [-0.3, -0.25) is 4.79 Å². The number of hydrogen-bond donors (Lipinski definition) is 1. The lowest BCUT2D eigenvalue weighted by Crippen LogP contribution is -2.48. The third kappa shape index (κ3) is 1.83. The van der Waals surface area contributed by atoms with E-state index in [9.17, 15) is 27.2 Å². The van der Waals surface area contributed by atoms with Crippen LogP contribution in [0.5, 0.6) is 0 Å². The predicted octanol–water partition coefficient (Wildman–Crippen LogP) is 1.35. The number of amides is 1. The number of carbonyl (C=O) groups excluding carboxylic acids is 1. The second-order valence-electron chi connectivity index (χ2n) is 4.72. The quantitative estimate of drug-likeness (QED) is 0.770. The molecule has 2 fully saturated rings. The largest absolute Gasteiger partial charge is 0.480 e. The van der Waals surface area contributed by atoms with E-state index in [1.54, 1.807) is 0 Å². The van der Waals surface area contributed by atoms with Crippen LogP contribution in [0.25, 0.3) is 0 Å². The molecule has 8 heteroatoms. The molecule has 0 aromatic rings. The molecule has 2 atom stereocenters. The highest BCUT2D eigenvalue weighted by atomic mass is 19.4. The van der Waals surface area contributed by atoms with Crippen LogP contribution in [0.2, 0.25) is 0 Å². The molecule has 1 heterocycles. The summed E-state index contributed by atoms with van der Waals surface area (Å²) in [6.45, 7) is -0.576. The van der Waals surface area contributed by atoms with Crippen LogP contribution < -0.4 is 0 Å². The number of carboxylic acids is 1. The molecule has 0 aromatic heterocycles. The Hall–Kier alpha value is -1.34. The highest BCUT2D eigenvalue weighted by Gasteiger charge is 2.70. The SMILES string of the molecule is O=C(O)C1C[C@@H](F)CN1C(=O)C1(C(F)(F)F)CC1. The van der Waals surface area contributed by atoms with Gasteiger partial charge in [0.25, 0.3) is 0 Å². The van der Waals surface area contributed by atoms with E-state index < -0.39 is 48.6 Å². The van der Waals surface area contributed by atoms with Crippen LogP contribution in [0.1, 0.15) is 19.3 Å². The predicted molar refractivity (Wildman–Crippen MR) is 50.4 cm³/mol. The fourth-order valence-electron chi connectivity index (χ4n) is 2.26. The molecule has 1 aliphatic heterocycles. The van der Waals surface area contributed by atoms with Crippen LogP contribution in [0.15, 0.2) is 0 Å². The number of carbonyl (C=O) groups is 2. The number of rotatable bonds is 2. The van der Waals surface area contributed by atoms with Gasteiger partial charge in [-0.05, 0) is 12.8 Å². The zero-order valence-electron chi connectivity index (χ0n) is 9.21. The number of aliphatic carboxylic acids is 1. The number of halogens is 4. The van der Waals surface area contributed by atoms with Gasteiger partial charge in [0.05, 0.1) is 6.54 Å². The van der Waals surface area contributed by atoms with Crippen LogP contribution in [0, 0.1) is 5.41 Å². The second-order valence-corrected chi connectivity index (χ2v) is 4.72. The van der Waals surface area contributed by atoms with Crippen molar-refractivity contribution in [1.82, 2.24) is 4.90 Å². The van der Waals surface area contributed by atoms with Gasteiger partial charge >= 0.3 is 12.1 Å². The number of likely N-dealkylation sites (tertiary alicyclic amines) is 1. The fourth-order valence-corrected chi connectivity index (χ4v) is 2.26. The van der Waals surface area contributed by atoms with Gasteiger partial charge in [0, 0.05) is 6.42 Å². The lowest BCUT2D eigenvalue weighted by atomic mass is 10.0. The summed E-state index contributed by atoms with van der Waals surface area (Å²) in [7, 11) is 0. The van der Waals surface area contributed by atoms with E-state index in [1.165, 1.54) is 0 Å². The highest BCUT2D eigenvalue weighted by molar-refractivity contribution is 5.90. The Balaban J connectivity index is 2.21. The maximum absolute atomic E-state index is 13.1. The standard InChI is InChI=1S/C10H11F4NO3/c11-5-3-6(7(16)17)15(4-5)8(18)9(1-2-9)10(12,13)14/h5-6H,1-4H2,(H,16,17)/t5-,6?/m1/s1. The Kier molecular flexibility index (Phi) is 2.78. The van der Waals surface area contributed by atoms with Gasteiger partial charge in [0.1, 0.15) is 17.6 Å². The van der Waals surface area contributed by atoms with Crippen molar-refractivity contribution >= 4 is 11.9 Å². The van der Waals surface area contributed by atoms with Gasteiger partial charge in [-0.2, -0.15) is 13.2 Å². The van der Waals surface area contributed by atoms with Crippen molar-refractivity contribution in [2.45, 2.75) is 37.7 Å². The van der Waals surface area contributed by atoms with Crippen molar-refractivity contribution in [2.24, 2.45) is 5.41 Å². The smallest absolute Gasteiger partial charge is 0.403 e. The van der Waals surface area contributed by atoms with Crippen molar-refractivity contribution in [3.05, 3.63) is 0 Å². The first-order valence-corrected chi connectivity index (χ1v) is 5.44. The topological polar surface area (TPSA) is 57.6 Å². The average Bonchev–Trinajstić information content (AvgIpc) is 2.95. The minimum absolute atomic E-state index is 0.352. The molecule has 1 N–H and O–H groups in total. The van der Waals surface area contributed by atoms with Crippen LogP contribution >= 0.6 is 0 Å². The molecule has 0 bridgehead atoms. The summed E-state index contributed by atoms with van der Waals surface area (Å²) in [5.74, 6) is -2.77. The number of carboxylic acid groups (broad SMARTS) is 1. The summed E-state index contributed by atoms with van der Waals surface area (Å²) in [4.78, 5) is 23.2. The molecule has 1 amide bonds. The van der Waals surface area contributed by atoms with E-state index in [0.29, 0.717) is 4.90 Å². The zero-order chi connectivity index (χ0) is 13.7. The Bertz CT molecular complexity index is 391. The van der Waals surface area contributed by atoms with Crippen LogP contribution in [0.3, 0.4) is 0 Å². The molecule has 1 aliphatic carbocycles. The Morgan fingerprint density at radius 3 is 2.22 bits per heavy atom. The summed E-state index contributed by atoms with van der Waals surface area (Å²) >= 11 is 0. The summed E-state index contributed by atoms with van der Waals surface area (Å²) in [5, 5.41) is 8.80. The maximum atomic E-state index is 13.1. The first-order chi connectivity index (χ1) is 8.19. The van der Waals surface area contributed by atoms with E-state index in [1.807, 2.05) is 0 Å². The highest BCUT2D eigenvalue weighted by Crippen LogP contribution is 2.59. The number of nitrogens with zero attached hydrogens (tertiary/aromatic N) is 1. The molecule has 18 heavy (non-hydrogen) atoms. The molecule has 1 saturated carbocycles. The minimum Gasteiger partial charge on any atom is -0.480 e. The van der Waals surface area contributed by atoms with E-state index in [-0.39, 0.29) is 12.8 Å². The zero-order valence-corrected chi connectivity index (χ0v) is 9.21. The first-order valence-electron chi connectivity index (χ1n) is 5.44. The maximum Gasteiger partial charge on any atom is 0.403 e. The second kappa shape index (κ2) is 3.83. The molecule has 2 rings (SSSR count). The third-order valence-corrected chi connectivity index (χ3v) is 3.50. The average molecular weight is 269 g/mol. The lowest BCUT2D eigenvalue weighted by molar-refractivity contribution is -0.200. The Morgan fingerprint density at radius 2 is 1.83 bits per heavy atom. The number of hydrogen-bond acceptors (Lipinski definition) is 2. The molecular weight excluding hydrogens is 258 g/mol. The minimum atomic E-state index is -4.71. The Labute approximate surface area is 99.6 Å². The summed E-state index contributed by atoms with van der Waals surface area (Å²) < 4.78 is 51.3. The van der Waals surface area contributed by atoms with Crippen LogP contribution in [-0.2, 0) is 9.59 Å². The third-order valence-electron chi connectivity index (χ3n) is 3.50. The van der Waals surface area contributed by atoms with Gasteiger partial charge in [-0.25, -0.2) is 9.18 Å². The van der Waals surface area contributed by atoms with Crippen molar-refractivity contribution < 1.29 is 32.3 Å². The van der Waals surface area contributed by atoms with Gasteiger partial charge in [0.15, 0.2) is 0 Å². The van der Waals surface area contributed by atoms with Gasteiger partial charge in [-0.15, -0.1) is 0 Å². The molecule has 102 valence electrons. The monoisotopic (exact) mass is 269 g/mol. The first kappa shape index (κ1) is 13.1. The molecule has 2 aliphatic rings. The van der Waals surface area contributed by atoms with E-state index in [0.717, 1.165) is 0 Å². The van der Waals surface area contributed by atoms with E-state index in [2.05, 4.69) is 0 Å². The van der Waals surface area contributed by atoms with Gasteiger partial charge in [-0.1, -0.05) is 0 Å².